The molecular weight excluding hydrogens is 212 g/mol. The monoisotopic (exact) mass is 232 g/mol. The Labute approximate surface area is 103 Å². The first-order valence-electron chi connectivity index (χ1n) is 6.18. The van der Waals surface area contributed by atoms with Gasteiger partial charge in [0.1, 0.15) is 0 Å². The van der Waals surface area contributed by atoms with Crippen LogP contribution in [0.15, 0.2) is 36.4 Å². The highest BCUT2D eigenvalue weighted by molar-refractivity contribution is 5.48. The van der Waals surface area contributed by atoms with Crippen molar-refractivity contribution < 1.29 is 9.47 Å². The van der Waals surface area contributed by atoms with Gasteiger partial charge < -0.3 is 9.47 Å². The van der Waals surface area contributed by atoms with Crippen LogP contribution in [0.5, 0.6) is 0 Å². The molecule has 92 valence electrons. The molecule has 17 heavy (non-hydrogen) atoms. The van der Waals surface area contributed by atoms with Gasteiger partial charge >= 0.3 is 0 Å². The Hall–Kier alpha value is -1.12. The fourth-order valence-corrected chi connectivity index (χ4v) is 1.73. The zero-order valence-electron chi connectivity index (χ0n) is 10.6. The molecule has 0 N–H and O–H groups in total. The van der Waals surface area contributed by atoms with Crippen LogP contribution in [0.2, 0.25) is 0 Å². The molecule has 1 aromatic rings. The van der Waals surface area contributed by atoms with Gasteiger partial charge in [-0.3, -0.25) is 0 Å². The number of hydrogen-bond acceptors (Lipinski definition) is 2. The Morgan fingerprint density at radius 3 is 2.47 bits per heavy atom. The third-order valence-electron chi connectivity index (χ3n) is 3.29. The summed E-state index contributed by atoms with van der Waals surface area (Å²) in [7, 11) is 0. The van der Waals surface area contributed by atoms with E-state index in [1.807, 2.05) is 30.4 Å². The van der Waals surface area contributed by atoms with Crippen LogP contribution in [0.3, 0.4) is 0 Å². The van der Waals surface area contributed by atoms with Gasteiger partial charge in [0.2, 0.25) is 0 Å². The highest BCUT2D eigenvalue weighted by Gasteiger charge is 2.29. The van der Waals surface area contributed by atoms with Crippen molar-refractivity contribution in [3.63, 3.8) is 0 Å². The predicted molar refractivity (Wildman–Crippen MR) is 69.6 cm³/mol. The van der Waals surface area contributed by atoms with Gasteiger partial charge in [0, 0.05) is 5.41 Å². The summed E-state index contributed by atoms with van der Waals surface area (Å²) in [6.07, 6.45) is 4.90. The molecule has 2 rings (SSSR count). The molecule has 1 heterocycles. The van der Waals surface area contributed by atoms with E-state index in [9.17, 15) is 0 Å². The van der Waals surface area contributed by atoms with Crippen LogP contribution in [0.1, 0.15) is 25.8 Å². The van der Waals surface area contributed by atoms with Gasteiger partial charge in [0.05, 0.1) is 13.2 Å². The average Bonchev–Trinajstić information content (AvgIpc) is 2.39. The van der Waals surface area contributed by atoms with Gasteiger partial charge in [0.15, 0.2) is 6.29 Å². The summed E-state index contributed by atoms with van der Waals surface area (Å²) in [5.41, 5.74) is 1.35. The smallest absolute Gasteiger partial charge is 0.177 e. The van der Waals surface area contributed by atoms with E-state index < -0.39 is 0 Å². The van der Waals surface area contributed by atoms with Crippen molar-refractivity contribution in [1.29, 1.82) is 0 Å². The number of hydrogen-bond donors (Lipinski definition) is 0. The largest absolute Gasteiger partial charge is 0.348 e. The van der Waals surface area contributed by atoms with E-state index >= 15 is 0 Å². The lowest BCUT2D eigenvalue weighted by atomic mass is 9.89. The Kier molecular flexibility index (Phi) is 3.97. The van der Waals surface area contributed by atoms with E-state index in [1.165, 1.54) is 5.56 Å². The van der Waals surface area contributed by atoms with Gasteiger partial charge in [-0.2, -0.15) is 0 Å². The maximum atomic E-state index is 5.70. The lowest BCUT2D eigenvalue weighted by molar-refractivity contribution is -0.202. The molecule has 0 unspecified atom stereocenters. The molecule has 0 amide bonds. The normalized spacial score (nSPS) is 29.6. The second kappa shape index (κ2) is 5.48. The molecule has 2 heteroatoms. The van der Waals surface area contributed by atoms with Crippen molar-refractivity contribution in [2.75, 3.05) is 13.2 Å². The van der Waals surface area contributed by atoms with E-state index in [0.717, 1.165) is 19.6 Å². The van der Waals surface area contributed by atoms with Gasteiger partial charge in [0.25, 0.3) is 0 Å². The molecule has 2 nitrogen and oxygen atoms in total. The summed E-state index contributed by atoms with van der Waals surface area (Å²) in [5.74, 6) is 0. The number of ether oxygens (including phenoxy) is 2. The second-order valence-corrected chi connectivity index (χ2v) is 4.92. The first-order chi connectivity index (χ1) is 8.22. The van der Waals surface area contributed by atoms with Crippen molar-refractivity contribution in [3.05, 3.63) is 42.0 Å². The molecule has 1 aromatic carbocycles. The van der Waals surface area contributed by atoms with Crippen molar-refractivity contribution in [2.45, 2.75) is 26.6 Å². The van der Waals surface area contributed by atoms with Crippen LogP contribution < -0.4 is 0 Å². The van der Waals surface area contributed by atoms with Gasteiger partial charge in [-0.15, -0.1) is 0 Å². The summed E-state index contributed by atoms with van der Waals surface area (Å²) < 4.78 is 11.4. The molecule has 1 aliphatic rings. The summed E-state index contributed by atoms with van der Waals surface area (Å²) in [4.78, 5) is 0. The first-order valence-corrected chi connectivity index (χ1v) is 6.18. The predicted octanol–water partition coefficient (Wildman–Crippen LogP) is 3.49. The molecule has 1 aliphatic heterocycles. The third-order valence-corrected chi connectivity index (χ3v) is 3.29. The minimum absolute atomic E-state index is 0.178. The van der Waals surface area contributed by atoms with Crippen LogP contribution in [0, 0.1) is 5.41 Å². The van der Waals surface area contributed by atoms with E-state index in [-0.39, 0.29) is 11.7 Å². The fraction of sp³-hybridized carbons (Fsp3) is 0.467. The SMILES string of the molecule is CCC1(C)COC(/C=C\c2ccccc2)OC1. The van der Waals surface area contributed by atoms with E-state index in [2.05, 4.69) is 26.0 Å². The van der Waals surface area contributed by atoms with Gasteiger partial charge in [-0.05, 0) is 18.1 Å². The zero-order chi connectivity index (χ0) is 12.1. The molecule has 0 radical (unpaired) electrons. The highest BCUT2D eigenvalue weighted by Crippen LogP contribution is 2.27. The van der Waals surface area contributed by atoms with Crippen LogP contribution in [-0.2, 0) is 9.47 Å². The van der Waals surface area contributed by atoms with E-state index in [1.54, 1.807) is 0 Å². The molecule has 1 fully saturated rings. The topological polar surface area (TPSA) is 18.5 Å². The van der Waals surface area contributed by atoms with Crippen molar-refractivity contribution >= 4 is 6.08 Å². The van der Waals surface area contributed by atoms with Crippen LogP contribution >= 0.6 is 0 Å². The lowest BCUT2D eigenvalue weighted by Gasteiger charge is -2.35. The fourth-order valence-electron chi connectivity index (χ4n) is 1.73. The lowest BCUT2D eigenvalue weighted by Crippen LogP contribution is -2.38. The maximum Gasteiger partial charge on any atom is 0.177 e. The molecule has 0 saturated carbocycles. The Bertz CT molecular complexity index is 362. The van der Waals surface area contributed by atoms with E-state index in [0.29, 0.717) is 0 Å². The number of rotatable bonds is 3. The summed E-state index contributed by atoms with van der Waals surface area (Å²) in [6, 6.07) is 10.2. The number of benzene rings is 1. The Morgan fingerprint density at radius 1 is 1.24 bits per heavy atom. The molecule has 0 atom stereocenters. The quantitative estimate of drug-likeness (QED) is 0.794. The Morgan fingerprint density at radius 2 is 1.88 bits per heavy atom. The second-order valence-electron chi connectivity index (χ2n) is 4.92. The maximum absolute atomic E-state index is 5.70. The third kappa shape index (κ3) is 3.42. The van der Waals surface area contributed by atoms with Crippen LogP contribution in [-0.4, -0.2) is 19.5 Å². The molecule has 0 bridgehead atoms. The van der Waals surface area contributed by atoms with Crippen LogP contribution in [0.25, 0.3) is 6.08 Å². The Balaban J connectivity index is 1.88. The average molecular weight is 232 g/mol. The van der Waals surface area contributed by atoms with Gasteiger partial charge in [-0.1, -0.05) is 50.3 Å². The van der Waals surface area contributed by atoms with Gasteiger partial charge in [-0.25, -0.2) is 0 Å². The summed E-state index contributed by atoms with van der Waals surface area (Å²) in [6.45, 7) is 5.91. The molecule has 1 saturated heterocycles. The highest BCUT2D eigenvalue weighted by atomic mass is 16.7. The molecule has 0 aliphatic carbocycles. The van der Waals surface area contributed by atoms with Crippen molar-refractivity contribution in [3.8, 4) is 0 Å². The standard InChI is InChI=1S/C15H20O2/c1-3-15(2)11-16-14(17-12-15)10-9-13-7-5-4-6-8-13/h4-10,14H,3,11-12H2,1-2H3/b10-9-. The summed E-state index contributed by atoms with van der Waals surface area (Å²) >= 11 is 0. The van der Waals surface area contributed by atoms with Crippen LogP contribution in [0.4, 0.5) is 0 Å². The zero-order valence-corrected chi connectivity index (χ0v) is 10.6. The van der Waals surface area contributed by atoms with Crippen molar-refractivity contribution in [2.24, 2.45) is 5.41 Å². The minimum Gasteiger partial charge on any atom is -0.348 e. The van der Waals surface area contributed by atoms with E-state index in [4.69, 9.17) is 9.47 Å². The summed E-state index contributed by atoms with van der Waals surface area (Å²) in [5, 5.41) is 0. The molecule has 0 spiro atoms. The minimum atomic E-state index is -0.199. The molecule has 0 aromatic heterocycles. The first kappa shape index (κ1) is 12.3. The van der Waals surface area contributed by atoms with Crippen molar-refractivity contribution in [1.82, 2.24) is 0 Å². The molecular formula is C15H20O2.